The Morgan fingerprint density at radius 2 is 2.08 bits per heavy atom. The Labute approximate surface area is 153 Å². The Morgan fingerprint density at radius 3 is 2.72 bits per heavy atom. The van der Waals surface area contributed by atoms with E-state index in [4.69, 9.17) is 21.1 Å². The van der Waals surface area contributed by atoms with Gasteiger partial charge < -0.3 is 9.47 Å². The quantitative estimate of drug-likeness (QED) is 0.592. The lowest BCUT2D eigenvalue weighted by Gasteiger charge is -2.36. The van der Waals surface area contributed by atoms with E-state index in [1.165, 1.54) is 6.08 Å². The second kappa shape index (κ2) is 7.91. The molecule has 1 aliphatic heterocycles. The number of ether oxygens (including phenoxy) is 2. The summed E-state index contributed by atoms with van der Waals surface area (Å²) >= 11 is 6.08. The average molecular weight is 366 g/mol. The van der Waals surface area contributed by atoms with Crippen molar-refractivity contribution in [3.63, 3.8) is 0 Å². The van der Waals surface area contributed by atoms with Crippen molar-refractivity contribution in [2.45, 2.75) is 45.8 Å². The maximum absolute atomic E-state index is 12.6. The van der Waals surface area contributed by atoms with E-state index in [0.717, 1.165) is 11.1 Å². The molecule has 6 heteroatoms. The first-order chi connectivity index (χ1) is 11.7. The zero-order valence-electron chi connectivity index (χ0n) is 15.0. The minimum Gasteiger partial charge on any atom is -0.463 e. The predicted octanol–water partition coefficient (Wildman–Crippen LogP) is 4.29. The number of esters is 1. The van der Waals surface area contributed by atoms with E-state index in [1.807, 2.05) is 32.9 Å². The molecule has 1 aromatic carbocycles. The van der Waals surface area contributed by atoms with Crippen LogP contribution in [0.2, 0.25) is 5.02 Å². The second-order valence-corrected chi connectivity index (χ2v) is 7.26. The molecule has 0 saturated carbocycles. The number of fused-ring (bicyclic) bond motifs is 1. The van der Waals surface area contributed by atoms with Crippen LogP contribution in [0.1, 0.15) is 44.9 Å². The fraction of sp³-hybridized carbons (Fsp3) is 0.474. The van der Waals surface area contributed by atoms with Crippen LogP contribution >= 0.6 is 11.6 Å². The lowest BCUT2D eigenvalue weighted by Crippen LogP contribution is -2.42. The van der Waals surface area contributed by atoms with Gasteiger partial charge in [0.25, 0.3) is 0 Å². The SMILES string of the molecule is CCOC(=O)/C=C/[C@H]1c2ccc(Cl)cc2CCN1C(=O)OC(C)(C)C. The predicted molar refractivity (Wildman–Crippen MR) is 96.6 cm³/mol. The third-order valence-electron chi connectivity index (χ3n) is 3.71. The van der Waals surface area contributed by atoms with E-state index in [0.29, 0.717) is 24.6 Å². The van der Waals surface area contributed by atoms with Gasteiger partial charge in [-0.1, -0.05) is 23.7 Å². The van der Waals surface area contributed by atoms with Gasteiger partial charge in [0.2, 0.25) is 0 Å². The van der Waals surface area contributed by atoms with Crippen LogP contribution in [0.4, 0.5) is 4.79 Å². The van der Waals surface area contributed by atoms with E-state index in [1.54, 1.807) is 24.0 Å². The van der Waals surface area contributed by atoms with Gasteiger partial charge in [-0.2, -0.15) is 0 Å². The highest BCUT2D eigenvalue weighted by Crippen LogP contribution is 2.33. The van der Waals surface area contributed by atoms with Crippen molar-refractivity contribution < 1.29 is 19.1 Å². The average Bonchev–Trinajstić information content (AvgIpc) is 2.50. The minimum atomic E-state index is -0.591. The zero-order chi connectivity index (χ0) is 18.6. The van der Waals surface area contributed by atoms with Gasteiger partial charge in [-0.25, -0.2) is 9.59 Å². The highest BCUT2D eigenvalue weighted by Gasteiger charge is 2.32. The second-order valence-electron chi connectivity index (χ2n) is 6.82. The molecule has 1 aliphatic rings. The van der Waals surface area contributed by atoms with Crippen LogP contribution in [0.25, 0.3) is 0 Å². The largest absolute Gasteiger partial charge is 0.463 e. The first kappa shape index (κ1) is 19.3. The van der Waals surface area contributed by atoms with E-state index in [2.05, 4.69) is 0 Å². The Balaban J connectivity index is 2.33. The molecule has 0 aromatic heterocycles. The monoisotopic (exact) mass is 365 g/mol. The summed E-state index contributed by atoms with van der Waals surface area (Å²) in [7, 11) is 0. The molecule has 0 unspecified atom stereocenters. The van der Waals surface area contributed by atoms with E-state index >= 15 is 0 Å². The Hall–Kier alpha value is -2.01. The van der Waals surface area contributed by atoms with Crippen molar-refractivity contribution in [2.75, 3.05) is 13.2 Å². The molecule has 1 heterocycles. The fourth-order valence-electron chi connectivity index (χ4n) is 2.72. The molecule has 1 amide bonds. The van der Waals surface area contributed by atoms with Crippen LogP contribution in [0.5, 0.6) is 0 Å². The molecule has 0 N–H and O–H groups in total. The number of amides is 1. The van der Waals surface area contributed by atoms with Crippen LogP contribution in [-0.4, -0.2) is 35.7 Å². The molecular formula is C19H24ClNO4. The molecule has 0 aliphatic carbocycles. The summed E-state index contributed by atoms with van der Waals surface area (Å²) in [4.78, 5) is 25.9. The summed E-state index contributed by atoms with van der Waals surface area (Å²) in [6, 6.07) is 5.16. The van der Waals surface area contributed by atoms with Gasteiger partial charge >= 0.3 is 12.1 Å². The number of carbonyl (C=O) groups excluding carboxylic acids is 2. The van der Waals surface area contributed by atoms with Crippen LogP contribution in [0.15, 0.2) is 30.4 Å². The van der Waals surface area contributed by atoms with Gasteiger partial charge in [0.1, 0.15) is 5.60 Å². The Morgan fingerprint density at radius 1 is 1.36 bits per heavy atom. The maximum Gasteiger partial charge on any atom is 0.411 e. The van der Waals surface area contributed by atoms with E-state index < -0.39 is 23.7 Å². The molecule has 0 bridgehead atoms. The summed E-state index contributed by atoms with van der Waals surface area (Å²) in [5, 5.41) is 0.651. The summed E-state index contributed by atoms with van der Waals surface area (Å²) in [6.07, 6.45) is 3.30. The number of hydrogen-bond acceptors (Lipinski definition) is 4. The van der Waals surface area contributed by atoms with Gasteiger partial charge in [-0.05, 0) is 57.4 Å². The van der Waals surface area contributed by atoms with Crippen molar-refractivity contribution in [3.05, 3.63) is 46.5 Å². The molecule has 0 radical (unpaired) electrons. The van der Waals surface area contributed by atoms with Gasteiger partial charge in [0.05, 0.1) is 12.6 Å². The number of hydrogen-bond donors (Lipinski definition) is 0. The standard InChI is InChI=1S/C19H24ClNO4/c1-5-24-17(22)9-8-16-15-7-6-14(20)12-13(15)10-11-21(16)18(23)25-19(2,3)4/h6-9,12,16H,5,10-11H2,1-4H3/b9-8+/t16-/m0/s1. The number of nitrogens with zero attached hydrogens (tertiary/aromatic N) is 1. The van der Waals surface area contributed by atoms with Gasteiger partial charge in [-0.15, -0.1) is 0 Å². The molecular weight excluding hydrogens is 342 g/mol. The fourth-order valence-corrected chi connectivity index (χ4v) is 2.91. The highest BCUT2D eigenvalue weighted by molar-refractivity contribution is 6.30. The maximum atomic E-state index is 12.6. The molecule has 0 saturated heterocycles. The number of halogens is 1. The van der Waals surface area contributed by atoms with Crippen LogP contribution in [-0.2, 0) is 20.7 Å². The van der Waals surface area contributed by atoms with Crippen molar-refractivity contribution >= 4 is 23.7 Å². The molecule has 136 valence electrons. The number of benzene rings is 1. The molecule has 0 fully saturated rings. The van der Waals surface area contributed by atoms with E-state index in [9.17, 15) is 9.59 Å². The van der Waals surface area contributed by atoms with E-state index in [-0.39, 0.29) is 0 Å². The Bertz CT molecular complexity index is 678. The zero-order valence-corrected chi connectivity index (χ0v) is 15.8. The minimum absolute atomic E-state index is 0.301. The van der Waals surface area contributed by atoms with Crippen molar-refractivity contribution in [2.24, 2.45) is 0 Å². The lowest BCUT2D eigenvalue weighted by atomic mass is 9.92. The Kier molecular flexibility index (Phi) is 6.11. The summed E-state index contributed by atoms with van der Waals surface area (Å²) < 4.78 is 10.4. The van der Waals surface area contributed by atoms with Gasteiger partial charge in [0, 0.05) is 17.6 Å². The van der Waals surface area contributed by atoms with Gasteiger partial charge in [-0.3, -0.25) is 4.90 Å². The third kappa shape index (κ3) is 5.23. The number of rotatable bonds is 3. The van der Waals surface area contributed by atoms with Crippen LogP contribution < -0.4 is 0 Å². The topological polar surface area (TPSA) is 55.8 Å². The summed E-state index contributed by atoms with van der Waals surface area (Å²) in [6.45, 7) is 8.01. The summed E-state index contributed by atoms with van der Waals surface area (Å²) in [5.41, 5.74) is 1.40. The lowest BCUT2D eigenvalue weighted by molar-refractivity contribution is -0.137. The smallest absolute Gasteiger partial charge is 0.411 e. The van der Waals surface area contributed by atoms with Crippen LogP contribution in [0.3, 0.4) is 0 Å². The number of carbonyl (C=O) groups is 2. The van der Waals surface area contributed by atoms with Crippen molar-refractivity contribution in [1.82, 2.24) is 4.90 Å². The highest BCUT2D eigenvalue weighted by atomic mass is 35.5. The molecule has 25 heavy (non-hydrogen) atoms. The van der Waals surface area contributed by atoms with Gasteiger partial charge in [0.15, 0.2) is 0 Å². The third-order valence-corrected chi connectivity index (χ3v) is 3.95. The summed E-state index contributed by atoms with van der Waals surface area (Å²) in [5.74, 6) is -0.437. The normalized spacial score (nSPS) is 17.3. The molecule has 2 rings (SSSR count). The van der Waals surface area contributed by atoms with Crippen LogP contribution in [0, 0.1) is 0 Å². The molecule has 0 spiro atoms. The van der Waals surface area contributed by atoms with Crippen molar-refractivity contribution in [1.29, 1.82) is 0 Å². The first-order valence-electron chi connectivity index (χ1n) is 8.34. The molecule has 1 aromatic rings. The van der Waals surface area contributed by atoms with Crippen molar-refractivity contribution in [3.8, 4) is 0 Å². The molecule has 5 nitrogen and oxygen atoms in total. The molecule has 1 atom stereocenters. The first-order valence-corrected chi connectivity index (χ1v) is 8.72.